The first-order chi connectivity index (χ1) is 13.0. The van der Waals surface area contributed by atoms with Crippen LogP contribution >= 0.6 is 0 Å². The van der Waals surface area contributed by atoms with Crippen LogP contribution < -0.4 is 25.3 Å². The molecule has 0 saturated carbocycles. The molecule has 0 atom stereocenters. The number of aliphatic imine (C=N–C) groups is 1. The van der Waals surface area contributed by atoms with Gasteiger partial charge in [0, 0.05) is 5.69 Å². The van der Waals surface area contributed by atoms with Crippen LogP contribution in [-0.4, -0.2) is 25.8 Å². The molecule has 0 radical (unpaired) electrons. The number of hydrogen-bond donors (Lipinski definition) is 2. The molecule has 6 heteroatoms. The number of guanidine groups is 1. The monoisotopic (exact) mass is 371 g/mol. The van der Waals surface area contributed by atoms with Crippen molar-refractivity contribution in [2.75, 3.05) is 19.0 Å². The molecule has 0 fully saturated rings. The van der Waals surface area contributed by atoms with Gasteiger partial charge in [-0.3, -0.25) is 0 Å². The smallest absolute Gasteiger partial charge is 0.193 e. The molecule has 0 bridgehead atoms. The van der Waals surface area contributed by atoms with Gasteiger partial charge in [0.15, 0.2) is 17.5 Å². The average Bonchev–Trinajstić information content (AvgIpc) is 2.66. The van der Waals surface area contributed by atoms with Gasteiger partial charge in [0.1, 0.15) is 5.75 Å². The van der Waals surface area contributed by atoms with E-state index in [1.54, 1.807) is 7.11 Å². The average molecular weight is 371 g/mol. The molecule has 2 rings (SSSR count). The van der Waals surface area contributed by atoms with Crippen LogP contribution in [0.5, 0.6) is 17.2 Å². The summed E-state index contributed by atoms with van der Waals surface area (Å²) in [6.45, 7) is 7.16. The van der Waals surface area contributed by atoms with Crippen molar-refractivity contribution in [3.8, 4) is 17.2 Å². The van der Waals surface area contributed by atoms with Gasteiger partial charge in [-0.1, -0.05) is 13.0 Å². The zero-order chi connectivity index (χ0) is 19.6. The summed E-state index contributed by atoms with van der Waals surface area (Å²) >= 11 is 0. The third-order valence-electron chi connectivity index (χ3n) is 3.62. The molecule has 2 aromatic carbocycles. The molecule has 27 heavy (non-hydrogen) atoms. The van der Waals surface area contributed by atoms with Gasteiger partial charge in [0.05, 0.1) is 26.4 Å². The van der Waals surface area contributed by atoms with E-state index in [9.17, 15) is 0 Å². The van der Waals surface area contributed by atoms with E-state index in [0.29, 0.717) is 24.9 Å². The largest absolute Gasteiger partial charge is 0.493 e. The number of nitrogens with two attached hydrogens (primary N) is 1. The van der Waals surface area contributed by atoms with Crippen molar-refractivity contribution in [3.05, 3.63) is 48.0 Å². The minimum absolute atomic E-state index is 0.145. The van der Waals surface area contributed by atoms with Crippen molar-refractivity contribution in [1.82, 2.24) is 0 Å². The summed E-state index contributed by atoms with van der Waals surface area (Å²) in [6.07, 6.45) is 1.09. The van der Waals surface area contributed by atoms with E-state index in [0.717, 1.165) is 29.2 Å². The Hall–Kier alpha value is -2.89. The van der Waals surface area contributed by atoms with Crippen LogP contribution in [0.3, 0.4) is 0 Å². The summed E-state index contributed by atoms with van der Waals surface area (Å²) in [7, 11) is 1.63. The lowest BCUT2D eigenvalue weighted by molar-refractivity contribution is 0.242. The molecule has 146 valence electrons. The summed E-state index contributed by atoms with van der Waals surface area (Å²) in [4.78, 5) is 4.38. The van der Waals surface area contributed by atoms with Crippen molar-refractivity contribution in [3.63, 3.8) is 0 Å². The van der Waals surface area contributed by atoms with Crippen LogP contribution in [0.2, 0.25) is 0 Å². The molecule has 0 aliphatic rings. The van der Waals surface area contributed by atoms with E-state index in [1.807, 2.05) is 56.3 Å². The molecule has 0 aliphatic heterocycles. The van der Waals surface area contributed by atoms with Gasteiger partial charge in [0.25, 0.3) is 0 Å². The van der Waals surface area contributed by atoms with Gasteiger partial charge in [-0.25, -0.2) is 4.99 Å². The lowest BCUT2D eigenvalue weighted by Gasteiger charge is -2.12. The summed E-state index contributed by atoms with van der Waals surface area (Å²) in [5, 5.41) is 3.08. The normalized spacial score (nSPS) is 11.4. The fraction of sp³-hybridized carbons (Fsp3) is 0.381. The highest BCUT2D eigenvalue weighted by Gasteiger charge is 2.06. The molecule has 0 amide bonds. The maximum absolute atomic E-state index is 5.99. The van der Waals surface area contributed by atoms with Crippen LogP contribution in [-0.2, 0) is 6.54 Å². The highest BCUT2D eigenvalue weighted by Crippen LogP contribution is 2.28. The lowest BCUT2D eigenvalue weighted by Crippen LogP contribution is -2.22. The van der Waals surface area contributed by atoms with E-state index >= 15 is 0 Å². The maximum atomic E-state index is 5.99. The van der Waals surface area contributed by atoms with Crippen molar-refractivity contribution in [2.24, 2.45) is 10.7 Å². The van der Waals surface area contributed by atoms with E-state index < -0.39 is 0 Å². The van der Waals surface area contributed by atoms with E-state index in [2.05, 4.69) is 17.2 Å². The first kappa shape index (κ1) is 20.4. The Morgan fingerprint density at radius 1 is 1.11 bits per heavy atom. The molecular weight excluding hydrogens is 342 g/mol. The van der Waals surface area contributed by atoms with Crippen LogP contribution in [0.15, 0.2) is 47.5 Å². The van der Waals surface area contributed by atoms with Crippen LogP contribution in [0.1, 0.15) is 32.8 Å². The van der Waals surface area contributed by atoms with E-state index in [4.69, 9.17) is 19.9 Å². The van der Waals surface area contributed by atoms with Gasteiger partial charge in [-0.15, -0.1) is 0 Å². The first-order valence-corrected chi connectivity index (χ1v) is 9.15. The second-order valence-corrected chi connectivity index (χ2v) is 6.35. The topological polar surface area (TPSA) is 78.1 Å². The van der Waals surface area contributed by atoms with Gasteiger partial charge < -0.3 is 25.3 Å². The first-order valence-electron chi connectivity index (χ1n) is 9.15. The van der Waals surface area contributed by atoms with Crippen LogP contribution in [0, 0.1) is 0 Å². The number of ether oxygens (including phenoxy) is 3. The number of benzene rings is 2. The second kappa shape index (κ2) is 10.3. The quantitative estimate of drug-likeness (QED) is 0.510. The third-order valence-corrected chi connectivity index (χ3v) is 3.62. The number of methoxy groups -OCH3 is 1. The Labute approximate surface area is 161 Å². The molecule has 0 unspecified atom stereocenters. The zero-order valence-corrected chi connectivity index (χ0v) is 16.5. The Morgan fingerprint density at radius 3 is 2.48 bits per heavy atom. The molecule has 0 spiro atoms. The Morgan fingerprint density at radius 2 is 1.85 bits per heavy atom. The number of rotatable bonds is 9. The summed E-state index contributed by atoms with van der Waals surface area (Å²) in [5.41, 5.74) is 7.83. The number of hydrogen-bond acceptors (Lipinski definition) is 4. The van der Waals surface area contributed by atoms with E-state index in [-0.39, 0.29) is 6.10 Å². The molecule has 3 N–H and O–H groups in total. The molecule has 0 saturated heterocycles. The third kappa shape index (κ3) is 6.73. The summed E-state index contributed by atoms with van der Waals surface area (Å²) < 4.78 is 16.7. The molecule has 0 aliphatic carbocycles. The van der Waals surface area contributed by atoms with Crippen molar-refractivity contribution in [2.45, 2.75) is 39.8 Å². The van der Waals surface area contributed by atoms with Crippen LogP contribution in [0.25, 0.3) is 0 Å². The van der Waals surface area contributed by atoms with E-state index in [1.165, 1.54) is 0 Å². The molecule has 2 aromatic rings. The predicted molar refractivity (Wildman–Crippen MR) is 110 cm³/mol. The van der Waals surface area contributed by atoms with Gasteiger partial charge >= 0.3 is 0 Å². The summed E-state index contributed by atoms with van der Waals surface area (Å²) in [6, 6.07) is 13.4. The molecular formula is C21H29N3O3. The number of anilines is 1. The van der Waals surface area contributed by atoms with Crippen molar-refractivity contribution in [1.29, 1.82) is 0 Å². The minimum atomic E-state index is 0.145. The van der Waals surface area contributed by atoms with Crippen LogP contribution in [0.4, 0.5) is 5.69 Å². The van der Waals surface area contributed by atoms with Gasteiger partial charge in [0.2, 0.25) is 0 Å². The number of nitrogens with one attached hydrogen (secondary N) is 1. The lowest BCUT2D eigenvalue weighted by atomic mass is 10.2. The SMILES string of the molecule is CCCOc1ccc(CN=C(N)Nc2ccc(OC(C)C)cc2)cc1OC. The van der Waals surface area contributed by atoms with Crippen molar-refractivity contribution >= 4 is 11.6 Å². The Kier molecular flexibility index (Phi) is 7.79. The zero-order valence-electron chi connectivity index (χ0n) is 16.5. The highest BCUT2D eigenvalue weighted by molar-refractivity contribution is 5.92. The Balaban J connectivity index is 1.96. The van der Waals surface area contributed by atoms with Gasteiger partial charge in [-0.2, -0.15) is 0 Å². The predicted octanol–water partition coefficient (Wildman–Crippen LogP) is 4.20. The Bertz CT molecular complexity index is 743. The molecule has 0 heterocycles. The molecule has 0 aromatic heterocycles. The summed E-state index contributed by atoms with van der Waals surface area (Å²) in [5.74, 6) is 2.60. The highest BCUT2D eigenvalue weighted by atomic mass is 16.5. The standard InChI is InChI=1S/C21H29N3O3/c1-5-12-26-19-11-6-16(13-20(19)25-4)14-23-21(22)24-17-7-9-18(10-8-17)27-15(2)3/h6-11,13,15H,5,12,14H2,1-4H3,(H3,22,23,24). The molecule has 6 nitrogen and oxygen atoms in total. The fourth-order valence-corrected chi connectivity index (χ4v) is 2.39. The maximum Gasteiger partial charge on any atom is 0.193 e. The van der Waals surface area contributed by atoms with Gasteiger partial charge in [-0.05, 0) is 62.2 Å². The minimum Gasteiger partial charge on any atom is -0.493 e. The fourth-order valence-electron chi connectivity index (χ4n) is 2.39. The second-order valence-electron chi connectivity index (χ2n) is 6.35. The van der Waals surface area contributed by atoms with Crippen molar-refractivity contribution < 1.29 is 14.2 Å². The number of nitrogens with zero attached hydrogens (tertiary/aromatic N) is 1.